The molecule has 12 nitrogen and oxygen atoms in total. The number of hydrogen-bond acceptors (Lipinski definition) is 11. The maximum Gasteiger partial charge on any atom is 0.335 e. The quantitative estimate of drug-likeness (QED) is 0.0228. The van der Waals surface area contributed by atoms with E-state index in [2.05, 4.69) is 154 Å². The fourth-order valence-corrected chi connectivity index (χ4v) is 8.69. The van der Waals surface area contributed by atoms with Crippen molar-refractivity contribution < 1.29 is 58.2 Å². The second-order valence-corrected chi connectivity index (χ2v) is 21.3. The summed E-state index contributed by atoms with van der Waals surface area (Å²) in [5, 5.41) is 31.6. The fourth-order valence-electron chi connectivity index (χ4n) is 8.69. The van der Waals surface area contributed by atoms with Crippen molar-refractivity contribution in [3.8, 4) is 0 Å². The zero-order valence-corrected chi connectivity index (χ0v) is 52.5. The van der Waals surface area contributed by atoms with Crippen LogP contribution in [0, 0.1) is 0 Å². The molecule has 1 aliphatic heterocycles. The van der Waals surface area contributed by atoms with Crippen molar-refractivity contribution in [3.63, 3.8) is 0 Å². The molecule has 1 saturated heterocycles. The Kier molecular flexibility index (Phi) is 53.4. The van der Waals surface area contributed by atoms with E-state index < -0.39 is 67.3 Å². The Bertz CT molecular complexity index is 2080. The van der Waals surface area contributed by atoms with E-state index >= 15 is 0 Å². The van der Waals surface area contributed by atoms with Crippen molar-refractivity contribution in [2.45, 2.75) is 263 Å². The van der Waals surface area contributed by atoms with E-state index in [9.17, 15) is 34.5 Å². The van der Waals surface area contributed by atoms with E-state index in [1.807, 2.05) is 24.3 Å². The van der Waals surface area contributed by atoms with Gasteiger partial charge in [-0.15, -0.1) is 0 Å². The Morgan fingerprint density at radius 1 is 0.400 bits per heavy atom. The summed E-state index contributed by atoms with van der Waals surface area (Å²) >= 11 is 0. The summed E-state index contributed by atoms with van der Waals surface area (Å²) in [6, 6.07) is 0. The highest BCUT2D eigenvalue weighted by Gasteiger charge is 2.50. The number of aliphatic carboxylic acids is 1. The predicted molar refractivity (Wildman–Crippen MR) is 349 cm³/mol. The smallest absolute Gasteiger partial charge is 0.335 e. The first kappa shape index (κ1) is 77.4. The molecule has 1 rings (SSSR count). The SMILES string of the molecule is CC/C=C\C/C=C\C/C=C\C/C=C\C/C=C\C/C=C\CCC(=O)OCC(COC1OC(C(=O)O)C(O)C(O)C1OC(=O)CCCCCCCCCCC/C=C\C/C=C\CCCCC)OC(=O)CCC/C=C\C/C=C\C/C=C\C/C=C\C/C=C\CC. The summed E-state index contributed by atoms with van der Waals surface area (Å²) in [5.74, 6) is -3.34. The first-order valence-corrected chi connectivity index (χ1v) is 32.5. The number of aliphatic hydroxyl groups is 2. The lowest BCUT2D eigenvalue weighted by Gasteiger charge is -2.40. The Hall–Kier alpha value is -5.66. The number of unbranched alkanes of at least 4 members (excludes halogenated alkanes) is 13. The summed E-state index contributed by atoms with van der Waals surface area (Å²) < 4.78 is 28.4. The normalized spacial score (nSPS) is 18.5. The number of hydrogen-bond donors (Lipinski definition) is 3. The van der Waals surface area contributed by atoms with E-state index in [1.54, 1.807) is 0 Å². The highest BCUT2D eigenvalue weighted by Crippen LogP contribution is 2.26. The summed E-state index contributed by atoms with van der Waals surface area (Å²) in [6.45, 7) is 5.63. The van der Waals surface area contributed by atoms with E-state index in [4.69, 9.17) is 23.7 Å². The summed E-state index contributed by atoms with van der Waals surface area (Å²) in [5.41, 5.74) is 0. The van der Waals surface area contributed by atoms with E-state index in [1.165, 1.54) is 51.4 Å². The number of aliphatic hydroxyl groups excluding tert-OH is 2. The van der Waals surface area contributed by atoms with E-state index in [0.717, 1.165) is 103 Å². The first-order chi connectivity index (χ1) is 41.6. The standard InChI is InChI=1S/C73H112O12/c1-4-7-10-13-16-19-22-25-28-31-33-36-38-41-44-47-50-53-56-59-65(74)81-62-64(83-66(75)60-57-54-51-48-45-42-39-35-30-27-24-21-18-15-12-9-6-3)63-82-73-71(69(78)68(77)70(85-73)72(79)80)84-67(76)61-58-55-52-49-46-43-40-37-34-32-29-26-23-20-17-14-11-8-5-2/h7,9-10,12,16-21,25-30,33,36,39,41-42,44,48,50-51,53,64,68-71,73,77-78H,4-6,8,11,13-15,22-24,31-32,34-35,37-38,40,43,45-47,49,52,54-63H2,1-3H3,(H,79,80)/b10-7-,12-9-,19-16-,20-17-,21-18-,28-25-,29-26-,30-27-,36-33-,42-39-,44-41-,51-48-,53-50-. The van der Waals surface area contributed by atoms with Crippen LogP contribution in [0.2, 0.25) is 0 Å². The lowest BCUT2D eigenvalue weighted by molar-refractivity contribution is -0.301. The molecular weight excluding hydrogens is 1070 g/mol. The van der Waals surface area contributed by atoms with Gasteiger partial charge in [0.1, 0.15) is 18.8 Å². The molecule has 0 aromatic carbocycles. The molecule has 0 bridgehead atoms. The zero-order valence-electron chi connectivity index (χ0n) is 52.5. The molecular formula is C73H112O12. The van der Waals surface area contributed by atoms with Gasteiger partial charge in [0.25, 0.3) is 0 Å². The van der Waals surface area contributed by atoms with Crippen molar-refractivity contribution in [2.24, 2.45) is 0 Å². The molecule has 3 N–H and O–H groups in total. The van der Waals surface area contributed by atoms with Crippen LogP contribution in [0.1, 0.15) is 226 Å². The molecule has 85 heavy (non-hydrogen) atoms. The van der Waals surface area contributed by atoms with Gasteiger partial charge in [0.05, 0.1) is 6.61 Å². The minimum atomic E-state index is -1.93. The molecule has 0 radical (unpaired) electrons. The highest BCUT2D eigenvalue weighted by molar-refractivity contribution is 5.74. The number of carbonyl (C=O) groups is 4. The number of rotatable bonds is 53. The highest BCUT2D eigenvalue weighted by atomic mass is 16.7. The third kappa shape index (κ3) is 48.2. The molecule has 1 fully saturated rings. The molecule has 0 aliphatic carbocycles. The van der Waals surface area contributed by atoms with Crippen LogP contribution in [0.25, 0.3) is 0 Å². The molecule has 0 aromatic heterocycles. The maximum absolute atomic E-state index is 13.2. The number of carboxylic acids is 1. The van der Waals surface area contributed by atoms with Crippen LogP contribution in [-0.4, -0.2) is 89.2 Å². The molecule has 0 saturated carbocycles. The van der Waals surface area contributed by atoms with Gasteiger partial charge in [-0.25, -0.2) is 4.79 Å². The topological polar surface area (TPSA) is 175 Å². The van der Waals surface area contributed by atoms with Crippen LogP contribution in [0.15, 0.2) is 158 Å². The number of carboxylic acid groups (broad SMARTS) is 1. The summed E-state index contributed by atoms with van der Waals surface area (Å²) in [7, 11) is 0. The minimum absolute atomic E-state index is 0.0327. The number of ether oxygens (including phenoxy) is 5. The monoisotopic (exact) mass is 1180 g/mol. The second kappa shape index (κ2) is 58.7. The van der Waals surface area contributed by atoms with Crippen molar-refractivity contribution in [2.75, 3.05) is 13.2 Å². The minimum Gasteiger partial charge on any atom is -0.479 e. The van der Waals surface area contributed by atoms with Gasteiger partial charge in [-0.05, 0) is 128 Å². The second-order valence-electron chi connectivity index (χ2n) is 21.3. The molecule has 12 heteroatoms. The predicted octanol–water partition coefficient (Wildman–Crippen LogP) is 17.7. The molecule has 0 spiro atoms. The Morgan fingerprint density at radius 2 is 0.776 bits per heavy atom. The number of carbonyl (C=O) groups excluding carboxylic acids is 3. The fraction of sp³-hybridized carbons (Fsp3) is 0.589. The maximum atomic E-state index is 13.2. The Balaban J connectivity index is 2.75. The third-order valence-electron chi connectivity index (χ3n) is 13.6. The zero-order chi connectivity index (χ0) is 61.7. The third-order valence-corrected chi connectivity index (χ3v) is 13.6. The van der Waals surface area contributed by atoms with Crippen molar-refractivity contribution in [3.05, 3.63) is 158 Å². The van der Waals surface area contributed by atoms with E-state index in [-0.39, 0.29) is 25.9 Å². The van der Waals surface area contributed by atoms with Gasteiger partial charge >= 0.3 is 23.9 Å². The van der Waals surface area contributed by atoms with Gasteiger partial charge in [-0.2, -0.15) is 0 Å². The molecule has 0 amide bonds. The molecule has 0 aromatic rings. The molecule has 476 valence electrons. The lowest BCUT2D eigenvalue weighted by atomic mass is 9.98. The van der Waals surface area contributed by atoms with Crippen LogP contribution in [-0.2, 0) is 42.9 Å². The largest absolute Gasteiger partial charge is 0.479 e. The summed E-state index contributed by atoms with van der Waals surface area (Å²) in [6.07, 6.45) is 73.6. The van der Waals surface area contributed by atoms with Crippen molar-refractivity contribution >= 4 is 23.9 Å². The summed E-state index contributed by atoms with van der Waals surface area (Å²) in [4.78, 5) is 51.3. The number of allylic oxidation sites excluding steroid dienone is 26. The van der Waals surface area contributed by atoms with Crippen LogP contribution in [0.5, 0.6) is 0 Å². The van der Waals surface area contributed by atoms with Crippen molar-refractivity contribution in [1.82, 2.24) is 0 Å². The van der Waals surface area contributed by atoms with Gasteiger partial charge in [0, 0.05) is 19.3 Å². The van der Waals surface area contributed by atoms with Gasteiger partial charge in [-0.3, -0.25) is 14.4 Å². The van der Waals surface area contributed by atoms with Crippen LogP contribution < -0.4 is 0 Å². The van der Waals surface area contributed by atoms with Gasteiger partial charge in [0.2, 0.25) is 0 Å². The first-order valence-electron chi connectivity index (χ1n) is 32.5. The number of esters is 3. The Morgan fingerprint density at radius 3 is 1.21 bits per heavy atom. The van der Waals surface area contributed by atoms with Crippen LogP contribution in [0.4, 0.5) is 0 Å². The van der Waals surface area contributed by atoms with Gasteiger partial charge in [-0.1, -0.05) is 237 Å². The van der Waals surface area contributed by atoms with Crippen LogP contribution in [0.3, 0.4) is 0 Å². The molecule has 6 atom stereocenters. The molecule has 6 unspecified atom stereocenters. The lowest BCUT2D eigenvalue weighted by Crippen LogP contribution is -2.61. The average molecular weight is 1180 g/mol. The van der Waals surface area contributed by atoms with E-state index in [0.29, 0.717) is 32.1 Å². The van der Waals surface area contributed by atoms with Gasteiger partial charge in [0.15, 0.2) is 24.6 Å². The molecule has 1 heterocycles. The van der Waals surface area contributed by atoms with Crippen LogP contribution >= 0.6 is 0 Å². The Labute approximate surface area is 514 Å². The van der Waals surface area contributed by atoms with Gasteiger partial charge < -0.3 is 39.0 Å². The van der Waals surface area contributed by atoms with Crippen molar-refractivity contribution in [1.29, 1.82) is 0 Å². The molecule has 1 aliphatic rings. The average Bonchev–Trinajstić information content (AvgIpc) is 3.51.